The zero-order valence-corrected chi connectivity index (χ0v) is 67.0. The Kier molecular flexibility index (Phi) is 26.3. The van der Waals surface area contributed by atoms with E-state index in [1.54, 1.807) is 0 Å². The lowest BCUT2D eigenvalue weighted by atomic mass is 9.92. The summed E-state index contributed by atoms with van der Waals surface area (Å²) >= 11 is 33.2. The first kappa shape index (κ1) is 76.5. The van der Waals surface area contributed by atoms with Crippen molar-refractivity contribution < 1.29 is 4.79 Å². The topological polar surface area (TPSA) is 68.0 Å². The van der Waals surface area contributed by atoms with Gasteiger partial charge in [0.2, 0.25) is 0 Å². The Morgan fingerprint density at radius 3 is 1.21 bits per heavy atom. The fourth-order valence-corrected chi connectivity index (χ4v) is 14.5. The van der Waals surface area contributed by atoms with Gasteiger partial charge in [0.25, 0.3) is 5.91 Å². The van der Waals surface area contributed by atoms with Gasteiger partial charge in [-0.3, -0.25) is 4.79 Å². The minimum Gasteiger partial charge on any atom is -0.398 e. The summed E-state index contributed by atoms with van der Waals surface area (Å²) in [6, 6.07) is 132. The highest BCUT2D eigenvalue weighted by molar-refractivity contribution is 14.1. The van der Waals surface area contributed by atoms with E-state index in [1.165, 1.54) is 41.2 Å². The quantitative estimate of drug-likeness (QED) is 0.0770. The highest BCUT2D eigenvalue weighted by Gasteiger charge is 2.18. The number of rotatable bonds is 11. The molecule has 17 aromatic rings. The number of pyridine rings is 1. The number of para-hydroxylation sites is 3. The zero-order chi connectivity index (χ0) is 75.4. The van der Waals surface area contributed by atoms with Crippen molar-refractivity contribution in [3.05, 3.63) is 432 Å². The molecule has 0 bridgehead atoms. The van der Waals surface area contributed by atoms with E-state index in [-0.39, 0.29) is 5.91 Å². The zero-order valence-electron chi connectivity index (χ0n) is 58.6. The molecule has 0 fully saturated rings. The molecule has 17 rings (SSSR count). The fourth-order valence-electron chi connectivity index (χ4n) is 12.8. The van der Waals surface area contributed by atoms with Crippen molar-refractivity contribution in [1.82, 2.24) is 4.98 Å². The lowest BCUT2D eigenvalue weighted by molar-refractivity contribution is 0.102. The lowest BCUT2D eigenvalue weighted by Crippen LogP contribution is -2.12. The predicted molar refractivity (Wildman–Crippen MR) is 481 cm³/mol. The van der Waals surface area contributed by atoms with Crippen LogP contribution in [0.3, 0.4) is 0 Å². The van der Waals surface area contributed by atoms with Gasteiger partial charge < -0.3 is 11.1 Å². The van der Waals surface area contributed by atoms with Gasteiger partial charge in [-0.15, -0.1) is 0 Å². The Labute approximate surface area is 686 Å². The van der Waals surface area contributed by atoms with Gasteiger partial charge >= 0.3 is 0 Å². The summed E-state index contributed by atoms with van der Waals surface area (Å²) in [6.07, 6.45) is 0. The van der Waals surface area contributed by atoms with Crippen LogP contribution in [0.1, 0.15) is 10.4 Å². The first-order valence-corrected chi connectivity index (χ1v) is 39.2. The first-order valence-electron chi connectivity index (χ1n) is 35.0. The molecule has 1 aromatic heterocycles. The van der Waals surface area contributed by atoms with E-state index >= 15 is 0 Å². The van der Waals surface area contributed by atoms with Crippen molar-refractivity contribution in [2.45, 2.75) is 0 Å². The molecule has 0 radical (unpaired) electrons. The van der Waals surface area contributed by atoms with Crippen molar-refractivity contribution in [3.8, 4) is 100 Å². The first-order chi connectivity index (χ1) is 53.3. The molecule has 0 unspecified atom stereocenters. The minimum absolute atomic E-state index is 0.144. The highest BCUT2D eigenvalue weighted by atomic mass is 127. The summed E-state index contributed by atoms with van der Waals surface area (Å²) < 4.78 is 3.52. The van der Waals surface area contributed by atoms with Gasteiger partial charge in [-0.05, 0) is 220 Å². The van der Waals surface area contributed by atoms with E-state index in [2.05, 4.69) is 199 Å². The number of nitrogens with two attached hydrogens (primary N) is 1. The Hall–Kier alpha value is -10.7. The number of benzene rings is 16. The molecule has 1 amide bonds. The second-order valence-electron chi connectivity index (χ2n) is 25.2. The summed E-state index contributed by atoms with van der Waals surface area (Å²) in [6.45, 7) is 0. The van der Waals surface area contributed by atoms with E-state index in [0.29, 0.717) is 10.6 Å². The number of aromatic nitrogens is 1. The van der Waals surface area contributed by atoms with Crippen LogP contribution < -0.4 is 11.1 Å². The maximum Gasteiger partial charge on any atom is 0.255 e. The molecule has 0 aliphatic rings. The van der Waals surface area contributed by atoms with Crippen LogP contribution in [0, 0.1) is 3.57 Å². The smallest absolute Gasteiger partial charge is 0.255 e. The maximum absolute atomic E-state index is 13.2. The van der Waals surface area contributed by atoms with E-state index < -0.39 is 0 Å². The number of amides is 1. The number of hydrogen-bond acceptors (Lipinski definition) is 3. The molecule has 109 heavy (non-hydrogen) atoms. The molecule has 0 spiro atoms. The van der Waals surface area contributed by atoms with Crippen LogP contribution in [0.25, 0.3) is 122 Å². The molecule has 0 saturated carbocycles. The second-order valence-corrected chi connectivity index (χ2v) is 29.8. The third-order valence-electron chi connectivity index (χ3n) is 18.1. The SMILES string of the molecule is Brc1ccccc1I.Clc1ccc(-c2cccc3c(-c4cccc(-c5ccccc5)c4)nc4ccccc4c23)cc1.Clc1ccc(-c2ccccc2Br)cc1.Nc1ccccc1-c1ccccc1-c1ccc(Cl)cc1.O=C(Nc1ccccc1-c1ccccc1-c1ccc(Cl)cc1)c1cccc(-c2ccccc2)c1. The normalized spacial score (nSPS) is 10.6. The van der Waals surface area contributed by atoms with Crippen LogP contribution in [0.5, 0.6) is 0 Å². The number of carbonyl (C=O) groups excluding carboxylic acids is 1. The number of anilines is 2. The van der Waals surface area contributed by atoms with Crippen molar-refractivity contribution >= 4 is 140 Å². The molecule has 0 saturated heterocycles. The summed E-state index contributed by atoms with van der Waals surface area (Å²) in [5.74, 6) is -0.144. The lowest BCUT2D eigenvalue weighted by Gasteiger charge is -2.15. The van der Waals surface area contributed by atoms with Gasteiger partial charge in [-0.1, -0.05) is 354 Å². The molecule has 11 heteroatoms. The Morgan fingerprint density at radius 1 is 0.303 bits per heavy atom. The van der Waals surface area contributed by atoms with Crippen molar-refractivity contribution in [2.75, 3.05) is 11.1 Å². The summed E-state index contributed by atoms with van der Waals surface area (Å²) in [7, 11) is 0. The van der Waals surface area contributed by atoms with E-state index in [9.17, 15) is 4.79 Å². The third kappa shape index (κ3) is 19.6. The summed E-state index contributed by atoms with van der Waals surface area (Å²) in [4.78, 5) is 18.4. The van der Waals surface area contributed by atoms with Crippen LogP contribution in [-0.4, -0.2) is 10.9 Å². The van der Waals surface area contributed by atoms with Crippen molar-refractivity contribution in [3.63, 3.8) is 0 Å². The van der Waals surface area contributed by atoms with Gasteiger partial charge in [-0.2, -0.15) is 0 Å². The number of hydrogen-bond donors (Lipinski definition) is 2. The number of nitrogens with zero attached hydrogens (tertiary/aromatic N) is 1. The Bertz CT molecular complexity index is 5930. The summed E-state index contributed by atoms with van der Waals surface area (Å²) in [5.41, 5.74) is 29.1. The standard InChI is InChI=1S/C31H22ClNO.C31H20ClN.C18H14ClN.C12H8BrCl.C6H4BrI/c32-26-19-17-23(18-20-26)27-13-4-5-14-28(27)29-15-6-7-16-30(29)33-31(34)25-12-8-11-24(21-25)22-9-2-1-3-10-22;32-25-18-16-22(17-19-25)26-13-7-14-28-30(26)27-12-4-5-15-29(27)33-31(28)24-11-6-10-23(20-24)21-8-2-1-3-9-21;19-14-11-9-13(10-12-14)15-5-1-2-6-16(15)17-7-3-4-8-18(17)20;13-12-4-2-1-3-11(12)9-5-7-10(14)8-6-9;7-5-3-1-2-4-6(5)8/h1-21H,(H,33,34);1-20H;1-12H,20H2;1-8H;1-4H. The second kappa shape index (κ2) is 37.4. The van der Waals surface area contributed by atoms with Gasteiger partial charge in [-0.25, -0.2) is 4.98 Å². The molecule has 0 aliphatic heterocycles. The fraction of sp³-hybridized carbons (Fsp3) is 0. The highest BCUT2D eigenvalue weighted by Crippen LogP contribution is 2.42. The molecule has 0 atom stereocenters. The third-order valence-corrected chi connectivity index (χ3v) is 22.2. The number of nitrogen functional groups attached to an aromatic ring is 1. The molecule has 0 aliphatic carbocycles. The molecule has 530 valence electrons. The van der Waals surface area contributed by atoms with Crippen LogP contribution in [0.4, 0.5) is 11.4 Å². The van der Waals surface area contributed by atoms with Crippen LogP contribution in [0.2, 0.25) is 20.1 Å². The summed E-state index contributed by atoms with van der Waals surface area (Å²) in [5, 5.41) is 9.59. The number of halogens is 7. The maximum atomic E-state index is 13.2. The average Bonchev–Trinajstić information content (AvgIpc) is 0.740. The minimum atomic E-state index is -0.144. The number of carbonyl (C=O) groups is 1. The molecule has 1 heterocycles. The molecule has 4 nitrogen and oxygen atoms in total. The van der Waals surface area contributed by atoms with Crippen LogP contribution in [-0.2, 0) is 0 Å². The van der Waals surface area contributed by atoms with E-state index in [0.717, 1.165) is 120 Å². The average molecular weight is 1730 g/mol. The van der Waals surface area contributed by atoms with Crippen LogP contribution >= 0.6 is 101 Å². The Balaban J connectivity index is 0.000000129. The van der Waals surface area contributed by atoms with Crippen molar-refractivity contribution in [1.29, 1.82) is 0 Å². The number of nitrogens with one attached hydrogen (secondary N) is 1. The van der Waals surface area contributed by atoms with Crippen LogP contribution in [0.15, 0.2) is 403 Å². The Morgan fingerprint density at radius 2 is 0.679 bits per heavy atom. The van der Waals surface area contributed by atoms with E-state index in [1.807, 2.05) is 255 Å². The van der Waals surface area contributed by atoms with Gasteiger partial charge in [0.05, 0.1) is 11.2 Å². The molecular formula is C98H68Br2Cl4IN3O. The van der Waals surface area contributed by atoms with Gasteiger partial charge in [0, 0.05) is 82.4 Å². The predicted octanol–water partition coefficient (Wildman–Crippen LogP) is 30.7. The largest absolute Gasteiger partial charge is 0.398 e. The monoisotopic (exact) mass is 1730 g/mol. The van der Waals surface area contributed by atoms with E-state index in [4.69, 9.17) is 57.1 Å². The van der Waals surface area contributed by atoms with Gasteiger partial charge in [0.15, 0.2) is 0 Å². The number of fused-ring (bicyclic) bond motifs is 3. The van der Waals surface area contributed by atoms with Gasteiger partial charge in [0.1, 0.15) is 0 Å². The molecular weight excluding hydrogens is 1660 g/mol. The molecule has 3 N–H and O–H groups in total. The van der Waals surface area contributed by atoms with Crippen molar-refractivity contribution in [2.24, 2.45) is 0 Å². The molecule has 16 aromatic carbocycles.